The molecule has 2 nitrogen and oxygen atoms in total. The molecule has 0 rings (SSSR count). The van der Waals surface area contributed by atoms with Gasteiger partial charge in [-0.2, -0.15) is 0 Å². The molecule has 0 aliphatic carbocycles. The van der Waals surface area contributed by atoms with Gasteiger partial charge < -0.3 is 5.11 Å². The molecule has 0 aromatic rings. The lowest BCUT2D eigenvalue weighted by molar-refractivity contribution is -0.120. The van der Waals surface area contributed by atoms with Gasteiger partial charge in [0.1, 0.15) is 5.78 Å². The normalized spacial score (nSPS) is 13.7. The first kappa shape index (κ1) is 10.8. The molecule has 0 aliphatic heterocycles. The number of carbonyl (C=O) groups excluding carboxylic acids is 1. The summed E-state index contributed by atoms with van der Waals surface area (Å²) in [6.45, 7) is 8.33. The predicted octanol–water partition coefficient (Wildman–Crippen LogP) is 1.48. The third-order valence-electron chi connectivity index (χ3n) is 1.62. The van der Waals surface area contributed by atoms with Gasteiger partial charge in [0.25, 0.3) is 0 Å². The molecule has 1 atom stereocenters. The second-order valence-corrected chi connectivity index (χ2v) is 2.45. The summed E-state index contributed by atoms with van der Waals surface area (Å²) in [7, 11) is 0. The number of carbonyl (C=O) groups is 1. The van der Waals surface area contributed by atoms with Crippen LogP contribution in [0.25, 0.3) is 0 Å². The lowest BCUT2D eigenvalue weighted by atomic mass is 9.96. The minimum atomic E-state index is -0.458. The molecule has 0 spiro atoms. The van der Waals surface area contributed by atoms with Gasteiger partial charge in [0.2, 0.25) is 0 Å². The van der Waals surface area contributed by atoms with E-state index in [1.54, 1.807) is 18.2 Å². The Labute approximate surface area is 72.9 Å². The number of Topliss-reactive ketones (excluding diaryl/α,β-unsaturated/α-hetero) is 1. The molecule has 0 saturated carbocycles. The van der Waals surface area contributed by atoms with Crippen molar-refractivity contribution in [2.24, 2.45) is 5.92 Å². The zero-order valence-electron chi connectivity index (χ0n) is 7.29. The van der Waals surface area contributed by atoms with Crippen LogP contribution >= 0.6 is 0 Å². The van der Waals surface area contributed by atoms with E-state index in [0.717, 1.165) is 0 Å². The van der Waals surface area contributed by atoms with E-state index < -0.39 is 5.92 Å². The second kappa shape index (κ2) is 5.49. The van der Waals surface area contributed by atoms with E-state index in [1.165, 1.54) is 6.92 Å². The van der Waals surface area contributed by atoms with Gasteiger partial charge in [-0.3, -0.25) is 4.79 Å². The summed E-state index contributed by atoms with van der Waals surface area (Å²) < 4.78 is 0. The Morgan fingerprint density at radius 2 is 2.17 bits per heavy atom. The summed E-state index contributed by atoms with van der Waals surface area (Å²) in [5.74, 6) is -0.522. The van der Waals surface area contributed by atoms with E-state index in [9.17, 15) is 4.79 Å². The van der Waals surface area contributed by atoms with Gasteiger partial charge in [0.15, 0.2) is 0 Å². The number of aliphatic hydroxyl groups is 1. The van der Waals surface area contributed by atoms with Crippen molar-refractivity contribution in [2.75, 3.05) is 6.61 Å². The van der Waals surface area contributed by atoms with Crippen LogP contribution in [-0.4, -0.2) is 17.5 Å². The Morgan fingerprint density at radius 1 is 1.58 bits per heavy atom. The maximum absolute atomic E-state index is 11.0. The predicted molar refractivity (Wildman–Crippen MR) is 49.7 cm³/mol. The first-order valence-electron chi connectivity index (χ1n) is 3.73. The van der Waals surface area contributed by atoms with Gasteiger partial charge in [-0.1, -0.05) is 31.4 Å². The summed E-state index contributed by atoms with van der Waals surface area (Å²) in [6.07, 6.45) is 4.81. The molecular weight excluding hydrogens is 152 g/mol. The molecule has 0 radical (unpaired) electrons. The molecule has 0 aliphatic rings. The number of hydrogen-bond acceptors (Lipinski definition) is 2. The van der Waals surface area contributed by atoms with Crippen LogP contribution in [0.3, 0.4) is 0 Å². The minimum Gasteiger partial charge on any atom is -0.395 e. The van der Waals surface area contributed by atoms with Crippen molar-refractivity contribution in [3.8, 4) is 0 Å². The average molecular weight is 166 g/mol. The second-order valence-electron chi connectivity index (χ2n) is 2.45. The summed E-state index contributed by atoms with van der Waals surface area (Å²) in [6, 6.07) is 0. The molecule has 0 aromatic heterocycles. The fourth-order valence-electron chi connectivity index (χ4n) is 0.931. The third-order valence-corrected chi connectivity index (χ3v) is 1.62. The molecule has 1 N–H and O–H groups in total. The lowest BCUT2D eigenvalue weighted by Crippen LogP contribution is -2.16. The molecule has 0 aromatic carbocycles. The summed E-state index contributed by atoms with van der Waals surface area (Å²) in [4.78, 5) is 11.0. The van der Waals surface area contributed by atoms with Crippen molar-refractivity contribution in [3.63, 3.8) is 0 Å². The molecule has 0 bridgehead atoms. The monoisotopic (exact) mass is 166 g/mol. The van der Waals surface area contributed by atoms with Crippen LogP contribution in [0, 0.1) is 5.92 Å². The zero-order valence-corrected chi connectivity index (χ0v) is 7.29. The fourth-order valence-corrected chi connectivity index (χ4v) is 0.931. The van der Waals surface area contributed by atoms with Crippen LogP contribution in [-0.2, 0) is 4.79 Å². The molecule has 12 heavy (non-hydrogen) atoms. The van der Waals surface area contributed by atoms with Crippen molar-refractivity contribution in [1.29, 1.82) is 0 Å². The smallest absolute Gasteiger partial charge is 0.139 e. The van der Waals surface area contributed by atoms with Gasteiger partial charge in [-0.25, -0.2) is 0 Å². The van der Waals surface area contributed by atoms with Crippen molar-refractivity contribution in [2.45, 2.75) is 6.92 Å². The number of hydrogen-bond donors (Lipinski definition) is 1. The molecule has 0 amide bonds. The largest absolute Gasteiger partial charge is 0.395 e. The van der Waals surface area contributed by atoms with E-state index in [0.29, 0.717) is 5.57 Å². The van der Waals surface area contributed by atoms with Crippen LogP contribution < -0.4 is 0 Å². The van der Waals surface area contributed by atoms with Gasteiger partial charge in [-0.15, -0.1) is 0 Å². The van der Waals surface area contributed by atoms with Crippen molar-refractivity contribution < 1.29 is 9.90 Å². The highest BCUT2D eigenvalue weighted by atomic mass is 16.3. The highest BCUT2D eigenvalue weighted by Crippen LogP contribution is 2.12. The van der Waals surface area contributed by atoms with Gasteiger partial charge in [-0.05, 0) is 12.5 Å². The van der Waals surface area contributed by atoms with Gasteiger partial charge in [0.05, 0.1) is 12.5 Å². The maximum Gasteiger partial charge on any atom is 0.139 e. The minimum absolute atomic E-state index is 0.0644. The Balaban J connectivity index is 4.66. The summed E-state index contributed by atoms with van der Waals surface area (Å²) in [5.41, 5.74) is 0.708. The Hall–Kier alpha value is -1.15. The fraction of sp³-hybridized carbons (Fsp3) is 0.300. The topological polar surface area (TPSA) is 37.3 Å². The van der Waals surface area contributed by atoms with E-state index >= 15 is 0 Å². The highest BCUT2D eigenvalue weighted by Gasteiger charge is 2.14. The molecule has 0 heterocycles. The van der Waals surface area contributed by atoms with Crippen LogP contribution in [0.5, 0.6) is 0 Å². The number of allylic oxidation sites excluding steroid dienone is 3. The lowest BCUT2D eigenvalue weighted by Gasteiger charge is -2.10. The average Bonchev–Trinajstić information content (AvgIpc) is 2.03. The molecular formula is C10H14O2. The van der Waals surface area contributed by atoms with Gasteiger partial charge >= 0.3 is 0 Å². The van der Waals surface area contributed by atoms with Crippen molar-refractivity contribution in [3.05, 3.63) is 37.0 Å². The van der Waals surface area contributed by atoms with Crippen LogP contribution in [0.4, 0.5) is 0 Å². The molecule has 0 fully saturated rings. The Morgan fingerprint density at radius 3 is 2.42 bits per heavy atom. The molecule has 2 heteroatoms. The van der Waals surface area contributed by atoms with E-state index in [4.69, 9.17) is 5.11 Å². The SMILES string of the molecule is C=C/C=C(\C=C)C(CO)C(C)=O. The van der Waals surface area contributed by atoms with Crippen LogP contribution in [0.15, 0.2) is 37.0 Å². The quantitative estimate of drug-likeness (QED) is 0.628. The first-order chi connectivity index (χ1) is 5.67. The molecule has 0 saturated heterocycles. The Bertz CT molecular complexity index is 214. The maximum atomic E-state index is 11.0. The third kappa shape index (κ3) is 2.84. The van der Waals surface area contributed by atoms with Crippen LogP contribution in [0.1, 0.15) is 6.92 Å². The van der Waals surface area contributed by atoms with E-state index in [1.807, 2.05) is 0 Å². The van der Waals surface area contributed by atoms with Crippen LogP contribution in [0.2, 0.25) is 0 Å². The van der Waals surface area contributed by atoms with Crippen molar-refractivity contribution in [1.82, 2.24) is 0 Å². The summed E-state index contributed by atoms with van der Waals surface area (Å²) in [5, 5.41) is 8.88. The zero-order chi connectivity index (χ0) is 9.56. The Kier molecular flexibility index (Phi) is 4.97. The highest BCUT2D eigenvalue weighted by molar-refractivity contribution is 5.82. The summed E-state index contributed by atoms with van der Waals surface area (Å²) >= 11 is 0. The number of rotatable bonds is 5. The van der Waals surface area contributed by atoms with Gasteiger partial charge in [0, 0.05) is 0 Å². The first-order valence-corrected chi connectivity index (χ1v) is 3.73. The molecule has 66 valence electrons. The van der Waals surface area contributed by atoms with Crippen molar-refractivity contribution >= 4 is 5.78 Å². The standard InChI is InChI=1S/C10H14O2/c1-4-6-9(5-2)10(7-11)8(3)12/h4-6,10-11H,1-2,7H2,3H3/b9-6+. The van der Waals surface area contributed by atoms with E-state index in [2.05, 4.69) is 13.2 Å². The number of ketones is 1. The number of aliphatic hydroxyl groups excluding tert-OH is 1. The van der Waals surface area contributed by atoms with E-state index in [-0.39, 0.29) is 12.4 Å². The molecule has 1 unspecified atom stereocenters.